The van der Waals surface area contributed by atoms with Gasteiger partial charge >= 0.3 is 5.97 Å². The third-order valence-corrected chi connectivity index (χ3v) is 7.00. The predicted octanol–water partition coefficient (Wildman–Crippen LogP) is 5.38. The zero-order valence-electron chi connectivity index (χ0n) is 20.9. The van der Waals surface area contributed by atoms with Crippen molar-refractivity contribution >= 4 is 21.9 Å². The molecular formula is C30H32BrN2O3+. The van der Waals surface area contributed by atoms with Crippen molar-refractivity contribution in [1.29, 1.82) is 0 Å². The van der Waals surface area contributed by atoms with E-state index < -0.39 is 11.6 Å². The molecule has 0 saturated heterocycles. The largest absolute Gasteiger partial charge is 0.463 e. The second-order valence-corrected chi connectivity index (χ2v) is 10.1. The normalized spacial score (nSPS) is 11.5. The number of nitrogens with zero attached hydrogens (tertiary/aromatic N) is 2. The number of hydrogen-bond acceptors (Lipinski definition) is 3. The minimum Gasteiger partial charge on any atom is -0.463 e. The van der Waals surface area contributed by atoms with Crippen molar-refractivity contribution in [3.63, 3.8) is 0 Å². The lowest BCUT2D eigenvalue weighted by Crippen LogP contribution is -2.39. The third kappa shape index (κ3) is 5.77. The smallest absolute Gasteiger partial charge is 0.347 e. The van der Waals surface area contributed by atoms with Gasteiger partial charge in [0.2, 0.25) is 5.60 Å². The van der Waals surface area contributed by atoms with Gasteiger partial charge in [-0.1, -0.05) is 87.7 Å². The maximum atomic E-state index is 13.3. The van der Waals surface area contributed by atoms with Crippen LogP contribution in [0.2, 0.25) is 0 Å². The van der Waals surface area contributed by atoms with Gasteiger partial charge in [0.05, 0.1) is 13.2 Å². The van der Waals surface area contributed by atoms with Crippen LogP contribution >= 0.6 is 15.9 Å². The Kier molecular flexibility index (Phi) is 8.07. The van der Waals surface area contributed by atoms with Crippen LogP contribution in [0.1, 0.15) is 40.1 Å². The molecule has 0 aliphatic carbocycles. The first kappa shape index (κ1) is 25.9. The first-order chi connectivity index (χ1) is 17.3. The summed E-state index contributed by atoms with van der Waals surface area (Å²) in [6, 6.07) is 23.1. The van der Waals surface area contributed by atoms with E-state index in [1.54, 1.807) is 12.1 Å². The Labute approximate surface area is 221 Å². The number of carbonyl (C=O) groups excluding carboxylic acids is 1. The van der Waals surface area contributed by atoms with E-state index in [0.29, 0.717) is 24.1 Å². The van der Waals surface area contributed by atoms with Crippen LogP contribution in [0.25, 0.3) is 0 Å². The molecule has 0 bridgehead atoms. The maximum Gasteiger partial charge on any atom is 0.347 e. The summed E-state index contributed by atoms with van der Waals surface area (Å²) >= 11 is 3.48. The van der Waals surface area contributed by atoms with E-state index in [0.717, 1.165) is 28.0 Å². The summed E-state index contributed by atoms with van der Waals surface area (Å²) in [6.07, 6.45) is 4.75. The van der Waals surface area contributed by atoms with Gasteiger partial charge < -0.3 is 9.84 Å². The molecule has 1 N–H and O–H groups in total. The van der Waals surface area contributed by atoms with Crippen LogP contribution in [0.4, 0.5) is 0 Å². The first-order valence-electron chi connectivity index (χ1n) is 12.1. The number of halogens is 1. The Morgan fingerprint density at radius 2 is 1.58 bits per heavy atom. The second kappa shape index (κ2) is 11.2. The van der Waals surface area contributed by atoms with E-state index in [1.165, 1.54) is 5.56 Å². The van der Waals surface area contributed by atoms with Crippen molar-refractivity contribution in [2.75, 3.05) is 6.61 Å². The Balaban J connectivity index is 1.42. The van der Waals surface area contributed by atoms with Crippen molar-refractivity contribution in [3.05, 3.63) is 123 Å². The van der Waals surface area contributed by atoms with E-state index in [-0.39, 0.29) is 6.61 Å². The van der Waals surface area contributed by atoms with Gasteiger partial charge in [-0.05, 0) is 42.7 Å². The molecule has 0 saturated carbocycles. The Bertz CT molecular complexity index is 1300. The standard InChI is InChI=1S/C30H32BrN2O3/c1-22-7-4-9-26(19-22)30(35,27-10-5-8-23(2)20-27)29(34)36-18-6-15-32-16-17-33(24(32)3)21-25-11-13-28(31)14-12-25/h4-5,7-14,16-17,19-20,35H,6,15,18,21H2,1-3H3/q+1. The molecule has 1 heterocycles. The van der Waals surface area contributed by atoms with Crippen molar-refractivity contribution in [2.24, 2.45) is 0 Å². The van der Waals surface area contributed by atoms with Crippen molar-refractivity contribution in [2.45, 2.75) is 45.9 Å². The van der Waals surface area contributed by atoms with E-state index in [1.807, 2.05) is 68.6 Å². The molecule has 0 unspecified atom stereocenters. The highest BCUT2D eigenvalue weighted by atomic mass is 79.9. The number of aromatic nitrogens is 2. The topological polar surface area (TPSA) is 55.3 Å². The molecule has 0 atom stereocenters. The molecule has 4 aromatic rings. The second-order valence-electron chi connectivity index (χ2n) is 9.23. The van der Waals surface area contributed by atoms with Gasteiger partial charge in [-0.2, -0.15) is 0 Å². The average molecular weight is 549 g/mol. The fraction of sp³-hybridized carbons (Fsp3) is 0.267. The fourth-order valence-corrected chi connectivity index (χ4v) is 4.64. The zero-order chi connectivity index (χ0) is 25.7. The number of carbonyl (C=O) groups is 1. The highest BCUT2D eigenvalue weighted by molar-refractivity contribution is 9.10. The number of hydrogen-bond donors (Lipinski definition) is 1. The van der Waals surface area contributed by atoms with Gasteiger partial charge in [-0.15, -0.1) is 0 Å². The molecule has 0 fully saturated rings. The SMILES string of the molecule is Cc1cccc(C(O)(C(=O)OCCCn2cc[n+](Cc3ccc(Br)cc3)c2C)c2cccc(C)c2)c1. The molecule has 186 valence electrons. The van der Waals surface area contributed by atoms with Gasteiger partial charge in [-0.3, -0.25) is 0 Å². The number of esters is 1. The van der Waals surface area contributed by atoms with Crippen LogP contribution in [-0.2, 0) is 28.2 Å². The molecule has 3 aromatic carbocycles. The van der Waals surface area contributed by atoms with E-state index in [9.17, 15) is 9.90 Å². The van der Waals surface area contributed by atoms with Gasteiger partial charge in [-0.25, -0.2) is 13.9 Å². The Hall–Kier alpha value is -3.22. The quantitative estimate of drug-likeness (QED) is 0.174. The van der Waals surface area contributed by atoms with Crippen molar-refractivity contribution < 1.29 is 19.2 Å². The van der Waals surface area contributed by atoms with Gasteiger partial charge in [0.25, 0.3) is 5.82 Å². The minimum absolute atomic E-state index is 0.211. The highest BCUT2D eigenvalue weighted by Gasteiger charge is 2.41. The van der Waals surface area contributed by atoms with Crippen molar-refractivity contribution in [3.8, 4) is 0 Å². The molecule has 0 amide bonds. The summed E-state index contributed by atoms with van der Waals surface area (Å²) in [5.74, 6) is 0.466. The first-order valence-corrected chi connectivity index (χ1v) is 12.9. The van der Waals surface area contributed by atoms with Gasteiger partial charge in [0.15, 0.2) is 0 Å². The van der Waals surface area contributed by atoms with Crippen LogP contribution in [0.5, 0.6) is 0 Å². The lowest BCUT2D eigenvalue weighted by Gasteiger charge is -2.27. The lowest BCUT2D eigenvalue weighted by atomic mass is 9.85. The Morgan fingerprint density at radius 3 is 2.17 bits per heavy atom. The summed E-state index contributed by atoms with van der Waals surface area (Å²) < 4.78 is 11.1. The Morgan fingerprint density at radius 1 is 0.972 bits per heavy atom. The number of ether oxygens (including phenoxy) is 1. The monoisotopic (exact) mass is 547 g/mol. The van der Waals surface area contributed by atoms with Gasteiger partial charge in [0, 0.05) is 17.8 Å². The predicted molar refractivity (Wildman–Crippen MR) is 144 cm³/mol. The van der Waals surface area contributed by atoms with E-state index in [2.05, 4.69) is 50.3 Å². The molecule has 6 heteroatoms. The van der Waals surface area contributed by atoms with Crippen LogP contribution in [0, 0.1) is 20.8 Å². The minimum atomic E-state index is -1.87. The van der Waals surface area contributed by atoms with Crippen LogP contribution in [-0.4, -0.2) is 22.2 Å². The van der Waals surface area contributed by atoms with Gasteiger partial charge in [0.1, 0.15) is 18.9 Å². The molecule has 4 rings (SSSR count). The summed E-state index contributed by atoms with van der Waals surface area (Å²) in [6.45, 7) is 7.67. The molecule has 0 radical (unpaired) electrons. The molecule has 5 nitrogen and oxygen atoms in total. The number of benzene rings is 3. The molecule has 0 aliphatic rings. The number of aliphatic hydroxyl groups is 1. The molecule has 36 heavy (non-hydrogen) atoms. The van der Waals surface area contributed by atoms with E-state index in [4.69, 9.17) is 4.74 Å². The molecule has 0 aliphatic heterocycles. The van der Waals surface area contributed by atoms with Crippen LogP contribution in [0.3, 0.4) is 0 Å². The molecule has 0 spiro atoms. The fourth-order valence-electron chi connectivity index (χ4n) is 4.38. The number of aryl methyl sites for hydroxylation is 3. The summed E-state index contributed by atoms with van der Waals surface area (Å²) in [5.41, 5.74) is 2.30. The van der Waals surface area contributed by atoms with E-state index >= 15 is 0 Å². The van der Waals surface area contributed by atoms with Crippen LogP contribution in [0.15, 0.2) is 89.7 Å². The molecular weight excluding hydrogens is 516 g/mol. The van der Waals surface area contributed by atoms with Crippen LogP contribution < -0.4 is 4.57 Å². The highest BCUT2D eigenvalue weighted by Crippen LogP contribution is 2.32. The maximum absolute atomic E-state index is 13.3. The summed E-state index contributed by atoms with van der Waals surface area (Å²) in [7, 11) is 0. The molecule has 1 aromatic heterocycles. The average Bonchev–Trinajstić information content (AvgIpc) is 3.21. The lowest BCUT2D eigenvalue weighted by molar-refractivity contribution is -0.694. The zero-order valence-corrected chi connectivity index (χ0v) is 22.5. The number of rotatable bonds is 9. The number of imidazole rings is 1. The summed E-state index contributed by atoms with van der Waals surface area (Å²) in [5, 5.41) is 11.7. The van der Waals surface area contributed by atoms with Crippen molar-refractivity contribution in [1.82, 2.24) is 4.57 Å². The summed E-state index contributed by atoms with van der Waals surface area (Å²) in [4.78, 5) is 13.3. The third-order valence-electron chi connectivity index (χ3n) is 6.47.